The van der Waals surface area contributed by atoms with E-state index in [-0.39, 0.29) is 30.8 Å². The van der Waals surface area contributed by atoms with Crippen LogP contribution < -0.4 is 10.2 Å². The van der Waals surface area contributed by atoms with Crippen molar-refractivity contribution in [1.29, 1.82) is 0 Å². The summed E-state index contributed by atoms with van der Waals surface area (Å²) in [5, 5.41) is 13.7. The van der Waals surface area contributed by atoms with Gasteiger partial charge in [-0.05, 0) is 60.4 Å². The van der Waals surface area contributed by atoms with Gasteiger partial charge in [-0.1, -0.05) is 52.3 Å². The maximum absolute atomic E-state index is 13.5. The summed E-state index contributed by atoms with van der Waals surface area (Å²) in [5.41, 5.74) is 4.26. The highest BCUT2D eigenvalue weighted by Crippen LogP contribution is 2.27. The van der Waals surface area contributed by atoms with Gasteiger partial charge < -0.3 is 20.3 Å². The number of fused-ring (bicyclic) bond motifs is 1. The summed E-state index contributed by atoms with van der Waals surface area (Å²) in [6.07, 6.45) is 3.60. The highest BCUT2D eigenvalue weighted by Gasteiger charge is 2.34. The molecule has 40 heavy (non-hydrogen) atoms. The number of aromatic nitrogens is 1. The Bertz CT molecular complexity index is 1520. The summed E-state index contributed by atoms with van der Waals surface area (Å²) in [6, 6.07) is 22.6. The number of nitrogens with zero attached hydrogens (tertiary/aromatic N) is 2. The SMILES string of the molecule is O=C(O)CC1CN(Cc2ccccc2C(=O)NCCCc2c[nH]c3ccccc23)C(=O)N(c2ccc(Br)cc2)C1. The molecule has 5 rings (SSSR count). The molecule has 3 N–H and O–H groups in total. The molecule has 0 saturated carbocycles. The molecule has 9 heteroatoms. The van der Waals surface area contributed by atoms with E-state index in [1.54, 1.807) is 15.9 Å². The summed E-state index contributed by atoms with van der Waals surface area (Å²) in [6.45, 7) is 1.36. The van der Waals surface area contributed by atoms with Crippen molar-refractivity contribution in [2.45, 2.75) is 25.8 Å². The number of hydrogen-bond acceptors (Lipinski definition) is 3. The molecule has 206 valence electrons. The van der Waals surface area contributed by atoms with Gasteiger partial charge in [-0.2, -0.15) is 0 Å². The minimum atomic E-state index is -0.900. The molecule has 1 atom stereocenters. The normalized spacial score (nSPS) is 15.4. The van der Waals surface area contributed by atoms with E-state index in [1.807, 2.05) is 66.9 Å². The Morgan fingerprint density at radius 3 is 2.52 bits per heavy atom. The van der Waals surface area contributed by atoms with E-state index in [0.717, 1.165) is 28.4 Å². The van der Waals surface area contributed by atoms with Crippen molar-refractivity contribution in [3.63, 3.8) is 0 Å². The molecule has 1 unspecified atom stereocenters. The standard InChI is InChI=1S/C31H31BrN4O4/c32-24-11-13-25(14-12-24)36-19-21(16-29(37)38)18-35(31(36)40)20-23-6-1-2-9-27(23)30(39)33-15-5-7-22-17-34-28-10-4-3-8-26(22)28/h1-4,6,8-14,17,21,34H,5,7,15-16,18-20H2,(H,33,39)(H,37,38). The molecule has 1 aromatic heterocycles. The molecule has 3 aromatic carbocycles. The predicted molar refractivity (Wildman–Crippen MR) is 158 cm³/mol. The van der Waals surface area contributed by atoms with Crippen LogP contribution in [0.4, 0.5) is 10.5 Å². The lowest BCUT2D eigenvalue weighted by molar-refractivity contribution is -0.138. The number of nitrogens with one attached hydrogen (secondary N) is 2. The van der Waals surface area contributed by atoms with E-state index in [4.69, 9.17) is 0 Å². The minimum absolute atomic E-state index is 0.0463. The van der Waals surface area contributed by atoms with Crippen molar-refractivity contribution in [2.24, 2.45) is 5.92 Å². The van der Waals surface area contributed by atoms with Gasteiger partial charge in [0.05, 0.1) is 6.42 Å². The number of halogens is 1. The molecule has 0 bridgehead atoms. The zero-order chi connectivity index (χ0) is 28.1. The van der Waals surface area contributed by atoms with Gasteiger partial charge in [0.25, 0.3) is 5.91 Å². The van der Waals surface area contributed by atoms with Crippen LogP contribution in [0.15, 0.2) is 83.5 Å². The largest absolute Gasteiger partial charge is 0.481 e. The fourth-order valence-electron chi connectivity index (χ4n) is 5.30. The van der Waals surface area contributed by atoms with E-state index >= 15 is 0 Å². The highest BCUT2D eigenvalue weighted by molar-refractivity contribution is 9.10. The second kappa shape index (κ2) is 12.4. The number of carboxylic acid groups (broad SMARTS) is 1. The van der Waals surface area contributed by atoms with Gasteiger partial charge in [-0.25, -0.2) is 4.79 Å². The number of carbonyl (C=O) groups is 3. The number of H-pyrrole nitrogens is 1. The summed E-state index contributed by atoms with van der Waals surface area (Å²) < 4.78 is 0.890. The Morgan fingerprint density at radius 2 is 1.73 bits per heavy atom. The smallest absolute Gasteiger partial charge is 0.324 e. The number of aromatic amines is 1. The molecule has 1 saturated heterocycles. The van der Waals surface area contributed by atoms with E-state index < -0.39 is 5.97 Å². The summed E-state index contributed by atoms with van der Waals surface area (Å²) in [5.74, 6) is -1.34. The fraction of sp³-hybridized carbons (Fsp3) is 0.258. The average Bonchev–Trinajstić information content (AvgIpc) is 3.36. The van der Waals surface area contributed by atoms with Crippen LogP contribution in [0, 0.1) is 5.92 Å². The van der Waals surface area contributed by atoms with Crippen LogP contribution in [-0.4, -0.2) is 52.5 Å². The maximum Gasteiger partial charge on any atom is 0.324 e. The molecule has 3 amide bonds. The summed E-state index contributed by atoms with van der Waals surface area (Å²) in [4.78, 5) is 44.8. The van der Waals surface area contributed by atoms with Gasteiger partial charge in [-0.15, -0.1) is 0 Å². The summed E-state index contributed by atoms with van der Waals surface area (Å²) >= 11 is 3.42. The number of aliphatic carboxylic acids is 1. The number of urea groups is 1. The van der Waals surface area contributed by atoms with Crippen LogP contribution in [0.1, 0.15) is 34.3 Å². The molecular weight excluding hydrogens is 572 g/mol. The van der Waals surface area contributed by atoms with Gasteiger partial charge in [0.1, 0.15) is 0 Å². The van der Waals surface area contributed by atoms with Crippen LogP contribution in [0.5, 0.6) is 0 Å². The second-order valence-electron chi connectivity index (χ2n) is 10.1. The Morgan fingerprint density at radius 1 is 0.975 bits per heavy atom. The van der Waals surface area contributed by atoms with Crippen molar-refractivity contribution in [2.75, 3.05) is 24.5 Å². The number of hydrogen-bond donors (Lipinski definition) is 3. The molecule has 4 aromatic rings. The number of para-hydroxylation sites is 1. The Labute approximate surface area is 241 Å². The van der Waals surface area contributed by atoms with Crippen LogP contribution in [0.25, 0.3) is 10.9 Å². The van der Waals surface area contributed by atoms with Gasteiger partial charge in [0.2, 0.25) is 0 Å². The summed E-state index contributed by atoms with van der Waals surface area (Å²) in [7, 11) is 0. The predicted octanol–water partition coefficient (Wildman–Crippen LogP) is 5.83. The first-order valence-electron chi connectivity index (χ1n) is 13.3. The molecule has 8 nitrogen and oxygen atoms in total. The number of rotatable bonds is 10. The molecule has 1 aliphatic rings. The first-order valence-corrected chi connectivity index (χ1v) is 14.1. The van der Waals surface area contributed by atoms with Crippen LogP contribution in [0.3, 0.4) is 0 Å². The first kappa shape index (κ1) is 27.5. The zero-order valence-electron chi connectivity index (χ0n) is 22.0. The van der Waals surface area contributed by atoms with E-state index in [9.17, 15) is 19.5 Å². The maximum atomic E-state index is 13.5. The molecule has 0 aliphatic carbocycles. The van der Waals surface area contributed by atoms with E-state index in [0.29, 0.717) is 30.9 Å². The number of amides is 3. The Kier molecular flexibility index (Phi) is 8.50. The third kappa shape index (κ3) is 6.37. The molecule has 1 aliphatic heterocycles. The second-order valence-corrected chi connectivity index (χ2v) is 11.0. The highest BCUT2D eigenvalue weighted by atomic mass is 79.9. The molecular formula is C31H31BrN4O4. The lowest BCUT2D eigenvalue weighted by atomic mass is 9.99. The van der Waals surface area contributed by atoms with Gasteiger partial charge in [0, 0.05) is 64.9 Å². The first-order chi connectivity index (χ1) is 19.4. The molecule has 0 spiro atoms. The van der Waals surface area contributed by atoms with E-state index in [2.05, 4.69) is 32.3 Å². The fourth-order valence-corrected chi connectivity index (χ4v) is 5.56. The lowest BCUT2D eigenvalue weighted by Crippen LogP contribution is -2.53. The topological polar surface area (TPSA) is 106 Å². The van der Waals surface area contributed by atoms with Crippen LogP contribution in [0.2, 0.25) is 0 Å². The van der Waals surface area contributed by atoms with Gasteiger partial charge in [-0.3, -0.25) is 14.5 Å². The monoisotopic (exact) mass is 602 g/mol. The minimum Gasteiger partial charge on any atom is -0.481 e. The van der Waals surface area contributed by atoms with Crippen molar-refractivity contribution in [3.05, 3.63) is 100 Å². The third-order valence-corrected chi connectivity index (χ3v) is 7.76. The number of anilines is 1. The van der Waals surface area contributed by atoms with Crippen molar-refractivity contribution in [1.82, 2.24) is 15.2 Å². The van der Waals surface area contributed by atoms with Crippen LogP contribution in [-0.2, 0) is 17.8 Å². The Hall–Kier alpha value is -4.11. The number of carbonyl (C=O) groups excluding carboxylic acids is 2. The number of aryl methyl sites for hydroxylation is 1. The zero-order valence-corrected chi connectivity index (χ0v) is 23.6. The quantitative estimate of drug-likeness (QED) is 0.199. The molecule has 1 fully saturated rings. The lowest BCUT2D eigenvalue weighted by Gasteiger charge is -2.40. The van der Waals surface area contributed by atoms with Gasteiger partial charge in [0.15, 0.2) is 0 Å². The van der Waals surface area contributed by atoms with Crippen LogP contribution >= 0.6 is 15.9 Å². The number of carboxylic acids is 1. The van der Waals surface area contributed by atoms with Crippen molar-refractivity contribution >= 4 is 50.4 Å². The van der Waals surface area contributed by atoms with Crippen molar-refractivity contribution in [3.8, 4) is 0 Å². The Balaban J connectivity index is 1.26. The van der Waals surface area contributed by atoms with Crippen molar-refractivity contribution < 1.29 is 19.5 Å². The average molecular weight is 604 g/mol. The number of benzene rings is 3. The van der Waals surface area contributed by atoms with Gasteiger partial charge >= 0.3 is 12.0 Å². The molecule has 0 radical (unpaired) electrons. The molecule has 2 heterocycles. The van der Waals surface area contributed by atoms with E-state index in [1.165, 1.54) is 10.9 Å². The third-order valence-electron chi connectivity index (χ3n) is 7.23.